The molecule has 0 aromatic carbocycles. The van der Waals surface area contributed by atoms with Gasteiger partial charge >= 0.3 is 5.97 Å². The molecule has 0 saturated heterocycles. The minimum Gasteiger partial charge on any atom is -0.462 e. The molecule has 0 radical (unpaired) electrons. The molecule has 1 aromatic heterocycles. The Morgan fingerprint density at radius 1 is 1.50 bits per heavy atom. The van der Waals surface area contributed by atoms with Gasteiger partial charge in [-0.3, -0.25) is 4.79 Å². The Bertz CT molecular complexity index is 373. The molecule has 0 bridgehead atoms. The van der Waals surface area contributed by atoms with Crippen molar-refractivity contribution < 1.29 is 9.53 Å². The highest BCUT2D eigenvalue weighted by atomic mass is 35.5. The van der Waals surface area contributed by atoms with Crippen molar-refractivity contribution >= 4 is 18.4 Å². The maximum absolute atomic E-state index is 11.2. The van der Waals surface area contributed by atoms with Gasteiger partial charge in [-0.15, -0.1) is 12.4 Å². The van der Waals surface area contributed by atoms with Gasteiger partial charge in [-0.25, -0.2) is 4.79 Å². The quantitative estimate of drug-likeness (QED) is 0.760. The van der Waals surface area contributed by atoms with Gasteiger partial charge in [0.2, 0.25) is 5.56 Å². The fourth-order valence-corrected chi connectivity index (χ4v) is 1.01. The number of halogens is 1. The number of H-pyrrole nitrogens is 1. The van der Waals surface area contributed by atoms with E-state index in [4.69, 9.17) is 4.74 Å². The van der Waals surface area contributed by atoms with E-state index in [9.17, 15) is 9.59 Å². The second-order valence-corrected chi connectivity index (χ2v) is 2.58. The lowest BCUT2D eigenvalue weighted by atomic mass is 10.2. The van der Waals surface area contributed by atoms with Crippen molar-refractivity contribution in [2.45, 2.75) is 13.8 Å². The average Bonchev–Trinajstić information content (AvgIpc) is 2.04. The number of nitrogens with one attached hydrogen (secondary N) is 1. The maximum atomic E-state index is 11.2. The van der Waals surface area contributed by atoms with Crippen LogP contribution in [0.25, 0.3) is 0 Å². The lowest BCUT2D eigenvalue weighted by molar-refractivity contribution is 0.0525. The van der Waals surface area contributed by atoms with E-state index >= 15 is 0 Å². The highest BCUT2D eigenvalue weighted by molar-refractivity contribution is 5.90. The van der Waals surface area contributed by atoms with Crippen LogP contribution >= 0.6 is 12.4 Å². The number of carbonyl (C=O) groups excluding carboxylic acids is 1. The first-order valence-corrected chi connectivity index (χ1v) is 4.02. The average molecular weight is 218 g/mol. The summed E-state index contributed by atoms with van der Waals surface area (Å²) in [4.78, 5) is 24.6. The van der Waals surface area contributed by atoms with Crippen LogP contribution in [0.5, 0.6) is 0 Å². The zero-order valence-electron chi connectivity index (χ0n) is 7.99. The predicted octanol–water partition coefficient (Wildman–Crippen LogP) is 1.28. The molecule has 0 aliphatic rings. The zero-order chi connectivity index (χ0) is 9.84. The third kappa shape index (κ3) is 2.88. The molecule has 78 valence electrons. The summed E-state index contributed by atoms with van der Waals surface area (Å²) in [6.07, 6.45) is 0. The first kappa shape index (κ1) is 12.7. The summed E-state index contributed by atoms with van der Waals surface area (Å²) < 4.78 is 4.79. The number of esters is 1. The van der Waals surface area contributed by atoms with Crippen molar-refractivity contribution in [1.29, 1.82) is 0 Å². The smallest absolute Gasteiger partial charge is 0.339 e. The summed E-state index contributed by atoms with van der Waals surface area (Å²) in [6.45, 7) is 3.73. The molecule has 0 spiro atoms. The number of rotatable bonds is 2. The van der Waals surface area contributed by atoms with Crippen LogP contribution in [0.2, 0.25) is 0 Å². The molecule has 4 nitrogen and oxygen atoms in total. The van der Waals surface area contributed by atoms with Crippen LogP contribution in [0.15, 0.2) is 16.9 Å². The van der Waals surface area contributed by atoms with Gasteiger partial charge in [0, 0.05) is 11.8 Å². The molecule has 0 fully saturated rings. The monoisotopic (exact) mass is 217 g/mol. The topological polar surface area (TPSA) is 59.2 Å². The largest absolute Gasteiger partial charge is 0.462 e. The summed E-state index contributed by atoms with van der Waals surface area (Å²) in [6, 6.07) is 2.77. The summed E-state index contributed by atoms with van der Waals surface area (Å²) in [7, 11) is 0. The van der Waals surface area contributed by atoms with Crippen molar-refractivity contribution in [1.82, 2.24) is 4.98 Å². The SMILES string of the molecule is CCOC(=O)c1ccc(=O)[nH]c1C.Cl. The van der Waals surface area contributed by atoms with Gasteiger partial charge in [0.15, 0.2) is 0 Å². The van der Waals surface area contributed by atoms with E-state index in [0.29, 0.717) is 17.9 Å². The van der Waals surface area contributed by atoms with E-state index in [0.717, 1.165) is 0 Å². The summed E-state index contributed by atoms with van der Waals surface area (Å²) in [5, 5.41) is 0. The fourth-order valence-electron chi connectivity index (χ4n) is 1.01. The van der Waals surface area contributed by atoms with E-state index in [1.165, 1.54) is 12.1 Å². The number of aromatic nitrogens is 1. The first-order valence-electron chi connectivity index (χ1n) is 4.02. The summed E-state index contributed by atoms with van der Waals surface area (Å²) in [5.74, 6) is -0.406. The molecule has 0 unspecified atom stereocenters. The molecule has 0 amide bonds. The second-order valence-electron chi connectivity index (χ2n) is 2.58. The molecule has 5 heteroatoms. The number of ether oxygens (including phenoxy) is 1. The number of aromatic amines is 1. The van der Waals surface area contributed by atoms with E-state index in [1.807, 2.05) is 0 Å². The maximum Gasteiger partial charge on any atom is 0.339 e. The van der Waals surface area contributed by atoms with Crippen molar-refractivity contribution in [3.63, 3.8) is 0 Å². The van der Waals surface area contributed by atoms with Gasteiger partial charge in [-0.05, 0) is 19.9 Å². The first-order chi connectivity index (χ1) is 6.15. The molecule has 1 N–H and O–H groups in total. The molecular weight excluding hydrogens is 206 g/mol. The van der Waals surface area contributed by atoms with Gasteiger partial charge in [0.1, 0.15) is 0 Å². The molecule has 0 aliphatic heterocycles. The van der Waals surface area contributed by atoms with Crippen LogP contribution in [0.3, 0.4) is 0 Å². The van der Waals surface area contributed by atoms with E-state index in [-0.39, 0.29) is 18.0 Å². The van der Waals surface area contributed by atoms with Gasteiger partial charge in [0.05, 0.1) is 12.2 Å². The van der Waals surface area contributed by atoms with Gasteiger partial charge in [-0.2, -0.15) is 0 Å². The normalized spacial score (nSPS) is 9.00. The van der Waals surface area contributed by atoms with E-state index < -0.39 is 5.97 Å². The molecule has 0 atom stereocenters. The van der Waals surface area contributed by atoms with Crippen LogP contribution in [0, 0.1) is 6.92 Å². The highest BCUT2D eigenvalue weighted by Gasteiger charge is 2.09. The van der Waals surface area contributed by atoms with E-state index in [1.54, 1.807) is 13.8 Å². The molecule has 14 heavy (non-hydrogen) atoms. The number of hydrogen-bond donors (Lipinski definition) is 1. The molecule has 0 saturated carbocycles. The molecule has 0 aliphatic carbocycles. The Morgan fingerprint density at radius 2 is 2.14 bits per heavy atom. The fraction of sp³-hybridized carbons (Fsp3) is 0.333. The third-order valence-electron chi connectivity index (χ3n) is 1.61. The number of aryl methyl sites for hydroxylation is 1. The van der Waals surface area contributed by atoms with Crippen LogP contribution in [0.1, 0.15) is 23.0 Å². The van der Waals surface area contributed by atoms with Crippen LogP contribution in [-0.4, -0.2) is 17.6 Å². The Labute approximate surface area is 87.7 Å². The Balaban J connectivity index is 0.00000169. The zero-order valence-corrected chi connectivity index (χ0v) is 8.81. The number of pyridine rings is 1. The Hall–Kier alpha value is -1.29. The predicted molar refractivity (Wildman–Crippen MR) is 55.0 cm³/mol. The standard InChI is InChI=1S/C9H11NO3.ClH/c1-3-13-9(12)7-4-5-8(11)10-6(7)2;/h4-5H,3H2,1-2H3,(H,10,11);1H. The van der Waals surface area contributed by atoms with E-state index in [2.05, 4.69) is 4.98 Å². The molecule has 1 rings (SSSR count). The molecule has 1 heterocycles. The summed E-state index contributed by atoms with van der Waals surface area (Å²) in [5.41, 5.74) is 0.720. The minimum absolute atomic E-state index is 0. The second kappa shape index (κ2) is 5.44. The van der Waals surface area contributed by atoms with Crippen LogP contribution < -0.4 is 5.56 Å². The Morgan fingerprint density at radius 3 is 2.64 bits per heavy atom. The lowest BCUT2D eigenvalue weighted by Gasteiger charge is -2.03. The third-order valence-corrected chi connectivity index (χ3v) is 1.61. The molecular formula is C9H12ClNO3. The number of carbonyl (C=O) groups is 1. The van der Waals surface area contributed by atoms with Gasteiger partial charge in [-0.1, -0.05) is 0 Å². The van der Waals surface area contributed by atoms with Crippen molar-refractivity contribution in [3.8, 4) is 0 Å². The van der Waals surface area contributed by atoms with Gasteiger partial charge in [0.25, 0.3) is 0 Å². The highest BCUT2D eigenvalue weighted by Crippen LogP contribution is 2.03. The lowest BCUT2D eigenvalue weighted by Crippen LogP contribution is -2.13. The molecule has 1 aromatic rings. The minimum atomic E-state index is -0.406. The van der Waals surface area contributed by atoms with Crippen molar-refractivity contribution in [2.75, 3.05) is 6.61 Å². The van der Waals surface area contributed by atoms with Crippen LogP contribution in [-0.2, 0) is 4.74 Å². The van der Waals surface area contributed by atoms with Gasteiger partial charge < -0.3 is 9.72 Å². The Kier molecular flexibility index (Phi) is 4.94. The van der Waals surface area contributed by atoms with Crippen molar-refractivity contribution in [2.24, 2.45) is 0 Å². The number of hydrogen-bond acceptors (Lipinski definition) is 3. The summed E-state index contributed by atoms with van der Waals surface area (Å²) >= 11 is 0. The van der Waals surface area contributed by atoms with Crippen LogP contribution in [0.4, 0.5) is 0 Å². The van der Waals surface area contributed by atoms with Crippen molar-refractivity contribution in [3.05, 3.63) is 33.7 Å².